The highest BCUT2D eigenvalue weighted by Crippen LogP contribution is 2.51. The average Bonchev–Trinajstić information content (AvgIpc) is 3.20. The number of hydrogen-bond acceptors (Lipinski definition) is 7. The molecule has 3 rings (SSSR count). The predicted molar refractivity (Wildman–Crippen MR) is 117 cm³/mol. The molecule has 1 heterocycles. The summed E-state index contributed by atoms with van der Waals surface area (Å²) in [6, 6.07) is 5.49. The number of nitrogens with zero attached hydrogens (tertiary/aromatic N) is 1. The number of carbonyl (C=O) groups excluding carboxylic acids is 1. The van der Waals surface area contributed by atoms with E-state index in [-0.39, 0.29) is 24.9 Å². The molecule has 9 heteroatoms. The van der Waals surface area contributed by atoms with Gasteiger partial charge in [-0.05, 0) is 25.1 Å². The Kier molecular flexibility index (Phi) is 6.56. The van der Waals surface area contributed by atoms with Crippen molar-refractivity contribution in [3.8, 4) is 22.1 Å². The van der Waals surface area contributed by atoms with Crippen molar-refractivity contribution in [2.24, 2.45) is 5.41 Å². The van der Waals surface area contributed by atoms with Crippen LogP contribution in [0.25, 0.3) is 10.6 Å². The van der Waals surface area contributed by atoms with Gasteiger partial charge in [-0.1, -0.05) is 13.8 Å². The van der Waals surface area contributed by atoms with E-state index in [2.05, 4.69) is 10.3 Å². The summed E-state index contributed by atoms with van der Waals surface area (Å²) in [5, 5.41) is 15.1. The van der Waals surface area contributed by atoms with Crippen LogP contribution in [-0.2, 0) is 20.7 Å². The van der Waals surface area contributed by atoms with Crippen LogP contribution in [0, 0.1) is 5.41 Å². The van der Waals surface area contributed by atoms with Crippen molar-refractivity contribution in [2.45, 2.75) is 45.3 Å². The Labute approximate surface area is 185 Å². The number of carboxylic acids is 1. The Morgan fingerprint density at radius 3 is 2.55 bits per heavy atom. The first-order valence-corrected chi connectivity index (χ1v) is 10.9. The first-order valence-electron chi connectivity index (χ1n) is 10.0. The van der Waals surface area contributed by atoms with E-state index in [0.717, 1.165) is 10.6 Å². The molecule has 1 saturated carbocycles. The second-order valence-electron chi connectivity index (χ2n) is 8.02. The lowest BCUT2D eigenvalue weighted by Crippen LogP contribution is -2.76. The smallest absolute Gasteiger partial charge is 0.330 e. The molecule has 1 amide bonds. The number of rotatable bonds is 9. The number of aromatic nitrogens is 1. The third kappa shape index (κ3) is 4.12. The molecule has 1 aromatic heterocycles. The lowest BCUT2D eigenvalue weighted by Gasteiger charge is -2.58. The molecule has 0 saturated heterocycles. The van der Waals surface area contributed by atoms with Gasteiger partial charge in [0.2, 0.25) is 5.91 Å². The summed E-state index contributed by atoms with van der Waals surface area (Å²) >= 11 is 1.40. The lowest BCUT2D eigenvalue weighted by atomic mass is 9.54. The van der Waals surface area contributed by atoms with Gasteiger partial charge in [0.15, 0.2) is 11.5 Å². The van der Waals surface area contributed by atoms with Crippen LogP contribution in [0.15, 0.2) is 23.6 Å². The predicted octanol–water partition coefficient (Wildman–Crippen LogP) is 3.14. The highest BCUT2D eigenvalue weighted by Gasteiger charge is 2.66. The summed E-state index contributed by atoms with van der Waals surface area (Å²) in [6.45, 7) is 5.98. The van der Waals surface area contributed by atoms with Crippen molar-refractivity contribution in [2.75, 3.05) is 20.8 Å². The van der Waals surface area contributed by atoms with E-state index in [9.17, 15) is 14.7 Å². The zero-order chi connectivity index (χ0) is 22.8. The molecular formula is C22H28N2O6S. The molecule has 1 aliphatic carbocycles. The number of nitrogens with one attached hydrogen (secondary N) is 1. The molecular weight excluding hydrogens is 420 g/mol. The molecule has 168 valence electrons. The molecule has 0 bridgehead atoms. The van der Waals surface area contributed by atoms with Gasteiger partial charge in [-0.25, -0.2) is 9.78 Å². The van der Waals surface area contributed by atoms with Crippen LogP contribution in [-0.4, -0.2) is 54.4 Å². The van der Waals surface area contributed by atoms with Gasteiger partial charge >= 0.3 is 5.97 Å². The highest BCUT2D eigenvalue weighted by molar-refractivity contribution is 7.13. The number of carbonyl (C=O) groups is 2. The van der Waals surface area contributed by atoms with Crippen LogP contribution in [0.3, 0.4) is 0 Å². The van der Waals surface area contributed by atoms with Crippen molar-refractivity contribution in [3.63, 3.8) is 0 Å². The molecule has 2 N–H and O–H groups in total. The number of hydrogen-bond donors (Lipinski definition) is 2. The molecule has 8 nitrogen and oxygen atoms in total. The largest absolute Gasteiger partial charge is 0.493 e. The summed E-state index contributed by atoms with van der Waals surface area (Å²) in [6.07, 6.45) is 0.0155. The van der Waals surface area contributed by atoms with Gasteiger partial charge in [-0.2, -0.15) is 0 Å². The fraction of sp³-hybridized carbons (Fsp3) is 0.500. The van der Waals surface area contributed by atoms with E-state index >= 15 is 0 Å². The zero-order valence-corrected chi connectivity index (χ0v) is 19.2. The Morgan fingerprint density at radius 1 is 1.26 bits per heavy atom. The second-order valence-corrected chi connectivity index (χ2v) is 8.88. The van der Waals surface area contributed by atoms with Gasteiger partial charge in [-0.15, -0.1) is 11.3 Å². The molecule has 0 aliphatic heterocycles. The Balaban J connectivity index is 1.72. The Hall–Kier alpha value is -2.65. The van der Waals surface area contributed by atoms with Crippen LogP contribution >= 0.6 is 11.3 Å². The van der Waals surface area contributed by atoms with E-state index in [0.29, 0.717) is 23.8 Å². The molecule has 1 aromatic carbocycles. The summed E-state index contributed by atoms with van der Waals surface area (Å²) < 4.78 is 16.2. The quantitative estimate of drug-likeness (QED) is 0.607. The summed E-state index contributed by atoms with van der Waals surface area (Å²) in [5.41, 5.74) is -0.661. The number of methoxy groups -OCH3 is 2. The third-order valence-corrected chi connectivity index (χ3v) is 6.95. The second kappa shape index (κ2) is 8.84. The number of thiazole rings is 1. The molecule has 2 unspecified atom stereocenters. The van der Waals surface area contributed by atoms with Crippen LogP contribution < -0.4 is 14.8 Å². The SMILES string of the molecule is CCOC1CC(NC(=O)Cc2csc(-c3ccc(OC)c(OC)c3)n2)(C(=O)O)C1(C)C. The van der Waals surface area contributed by atoms with Crippen molar-refractivity contribution in [1.82, 2.24) is 10.3 Å². The number of ether oxygens (including phenoxy) is 3. The maximum Gasteiger partial charge on any atom is 0.330 e. The number of carboxylic acid groups (broad SMARTS) is 1. The van der Waals surface area contributed by atoms with Gasteiger partial charge in [0.05, 0.1) is 32.4 Å². The minimum Gasteiger partial charge on any atom is -0.493 e. The van der Waals surface area contributed by atoms with E-state index < -0.39 is 16.9 Å². The first-order chi connectivity index (χ1) is 14.7. The number of amides is 1. The first kappa shape index (κ1) is 23.0. The van der Waals surface area contributed by atoms with Crippen LogP contribution in [0.2, 0.25) is 0 Å². The van der Waals surface area contributed by atoms with Gasteiger partial charge in [0.25, 0.3) is 0 Å². The fourth-order valence-corrected chi connectivity index (χ4v) is 4.79. The third-order valence-electron chi connectivity index (χ3n) is 6.01. The molecule has 1 fully saturated rings. The Bertz CT molecular complexity index is 973. The van der Waals surface area contributed by atoms with Crippen molar-refractivity contribution >= 4 is 23.2 Å². The monoisotopic (exact) mass is 448 g/mol. The topological polar surface area (TPSA) is 107 Å². The van der Waals surface area contributed by atoms with Crippen LogP contribution in [0.5, 0.6) is 11.5 Å². The molecule has 0 radical (unpaired) electrons. The lowest BCUT2D eigenvalue weighted by molar-refractivity contribution is -0.194. The number of aliphatic carboxylic acids is 1. The maximum absolute atomic E-state index is 12.7. The molecule has 2 atom stereocenters. The maximum atomic E-state index is 12.7. The van der Waals surface area contributed by atoms with Gasteiger partial charge in [-0.3, -0.25) is 4.79 Å². The molecule has 1 aliphatic rings. The molecule has 0 spiro atoms. The molecule has 2 aromatic rings. The van der Waals surface area contributed by atoms with Gasteiger partial charge in [0, 0.05) is 29.4 Å². The summed E-state index contributed by atoms with van der Waals surface area (Å²) in [4.78, 5) is 29.3. The minimum absolute atomic E-state index is 0.00575. The standard InChI is InChI=1S/C22H28N2O6S/c1-6-30-17-11-22(20(26)27,21(17,2)3)24-18(25)10-14-12-31-19(23-14)13-7-8-15(28-4)16(9-13)29-5/h7-9,12,17H,6,10-11H2,1-5H3,(H,24,25)(H,26,27). The van der Waals surface area contributed by atoms with E-state index in [1.165, 1.54) is 11.3 Å². The Morgan fingerprint density at radius 2 is 1.97 bits per heavy atom. The van der Waals surface area contributed by atoms with Crippen molar-refractivity contribution in [1.29, 1.82) is 0 Å². The van der Waals surface area contributed by atoms with Gasteiger partial charge in [0.1, 0.15) is 10.5 Å². The highest BCUT2D eigenvalue weighted by atomic mass is 32.1. The van der Waals surface area contributed by atoms with Crippen LogP contribution in [0.1, 0.15) is 32.9 Å². The summed E-state index contributed by atoms with van der Waals surface area (Å²) in [7, 11) is 3.14. The fourth-order valence-electron chi connectivity index (χ4n) is 3.97. The molecule has 31 heavy (non-hydrogen) atoms. The zero-order valence-electron chi connectivity index (χ0n) is 18.4. The van der Waals surface area contributed by atoms with Crippen molar-refractivity contribution < 1.29 is 28.9 Å². The van der Waals surface area contributed by atoms with E-state index in [1.807, 2.05) is 32.9 Å². The van der Waals surface area contributed by atoms with Crippen molar-refractivity contribution in [3.05, 3.63) is 29.3 Å². The summed E-state index contributed by atoms with van der Waals surface area (Å²) in [5.74, 6) is -0.218. The van der Waals surface area contributed by atoms with Gasteiger partial charge < -0.3 is 24.6 Å². The normalized spacial score (nSPS) is 21.8. The van der Waals surface area contributed by atoms with E-state index in [1.54, 1.807) is 25.7 Å². The van der Waals surface area contributed by atoms with Crippen LogP contribution in [0.4, 0.5) is 0 Å². The number of benzene rings is 1. The minimum atomic E-state index is -1.36. The van der Waals surface area contributed by atoms with E-state index in [4.69, 9.17) is 14.2 Å². The average molecular weight is 449 g/mol.